The highest BCUT2D eigenvalue weighted by Crippen LogP contribution is 2.38. The summed E-state index contributed by atoms with van der Waals surface area (Å²) >= 11 is 6.26. The number of fused-ring (bicyclic) bond motifs is 1. The maximum Gasteiger partial charge on any atom is 0.337 e. The number of aryl methyl sites for hydroxylation is 3. The van der Waals surface area contributed by atoms with Crippen LogP contribution in [0.2, 0.25) is 5.02 Å². The molecule has 8 nitrogen and oxygen atoms in total. The van der Waals surface area contributed by atoms with Gasteiger partial charge in [-0.3, -0.25) is 9.48 Å². The third-order valence-electron chi connectivity index (χ3n) is 6.84. The van der Waals surface area contributed by atoms with Crippen LogP contribution in [0, 0.1) is 5.41 Å². The molecule has 1 aromatic carbocycles. The summed E-state index contributed by atoms with van der Waals surface area (Å²) < 4.78 is 13.0. The largest absolute Gasteiger partial charge is 0.495 e. The lowest BCUT2D eigenvalue weighted by Gasteiger charge is -2.36. The molecular weight excluding hydrogens is 446 g/mol. The van der Waals surface area contributed by atoms with Crippen molar-refractivity contribution in [2.45, 2.75) is 52.0 Å². The lowest BCUT2D eigenvalue weighted by atomic mass is 9.76. The van der Waals surface area contributed by atoms with E-state index in [1.807, 2.05) is 11.6 Å². The number of halogens is 1. The van der Waals surface area contributed by atoms with Crippen molar-refractivity contribution in [3.8, 4) is 5.75 Å². The van der Waals surface area contributed by atoms with Crippen LogP contribution >= 0.6 is 11.6 Å². The van der Waals surface area contributed by atoms with Gasteiger partial charge in [-0.15, -0.1) is 0 Å². The average Bonchev–Trinajstić information content (AvgIpc) is 3.08. The van der Waals surface area contributed by atoms with Gasteiger partial charge in [-0.2, -0.15) is 5.10 Å². The molecule has 1 amide bonds. The van der Waals surface area contributed by atoms with Gasteiger partial charge in [0.25, 0.3) is 5.91 Å². The number of carboxylic acid groups (broad SMARTS) is 1. The summed E-state index contributed by atoms with van der Waals surface area (Å²) in [5, 5.41) is 17.3. The average molecular weight is 476 g/mol. The van der Waals surface area contributed by atoms with Gasteiger partial charge in [-0.25, -0.2) is 4.79 Å². The second kappa shape index (κ2) is 9.73. The smallest absolute Gasteiger partial charge is 0.337 e. The number of benzene rings is 1. The number of carbonyl (C=O) groups is 2. The molecule has 0 saturated carbocycles. The van der Waals surface area contributed by atoms with Gasteiger partial charge in [0.1, 0.15) is 5.75 Å². The van der Waals surface area contributed by atoms with Crippen molar-refractivity contribution in [2.24, 2.45) is 5.41 Å². The van der Waals surface area contributed by atoms with Crippen LogP contribution < -0.4 is 10.1 Å². The highest BCUT2D eigenvalue weighted by Gasteiger charge is 2.39. The molecule has 0 bridgehead atoms. The van der Waals surface area contributed by atoms with E-state index in [0.29, 0.717) is 44.9 Å². The van der Waals surface area contributed by atoms with Crippen molar-refractivity contribution in [3.05, 3.63) is 45.2 Å². The molecule has 9 heteroatoms. The van der Waals surface area contributed by atoms with Gasteiger partial charge in [0.05, 0.1) is 34.6 Å². The molecule has 1 fully saturated rings. The monoisotopic (exact) mass is 475 g/mol. The molecule has 0 aliphatic carbocycles. The molecule has 0 unspecified atom stereocenters. The topological polar surface area (TPSA) is 103 Å². The first kappa shape index (κ1) is 23.6. The predicted molar refractivity (Wildman–Crippen MR) is 123 cm³/mol. The number of carboxylic acids is 1. The Bertz CT molecular complexity index is 1060. The molecule has 0 radical (unpaired) electrons. The van der Waals surface area contributed by atoms with Gasteiger partial charge < -0.3 is 19.9 Å². The standard InChI is InChI=1S/C24H30ClN3O5/c1-3-17-19-18(13-24(14-26-22(19)29)8-11-33-12-9-24)28(27-17)10-4-5-15-6-7-16(23(30)31)20(25)21(15)32-2/h6-7H,3-5,8-14H2,1-2H3,(H,26,29)(H,30,31). The van der Waals surface area contributed by atoms with Crippen molar-refractivity contribution in [1.29, 1.82) is 0 Å². The number of nitrogens with zero attached hydrogens (tertiary/aromatic N) is 2. The van der Waals surface area contributed by atoms with Crippen LogP contribution in [0.1, 0.15) is 63.9 Å². The molecule has 2 aliphatic heterocycles. The zero-order valence-corrected chi connectivity index (χ0v) is 19.8. The van der Waals surface area contributed by atoms with Crippen molar-refractivity contribution < 1.29 is 24.2 Å². The number of methoxy groups -OCH3 is 1. The first-order valence-corrected chi connectivity index (χ1v) is 11.8. The number of amides is 1. The van der Waals surface area contributed by atoms with E-state index in [2.05, 4.69) is 5.32 Å². The fourth-order valence-electron chi connectivity index (χ4n) is 4.96. The number of ether oxygens (including phenoxy) is 2. The van der Waals surface area contributed by atoms with Crippen molar-refractivity contribution >= 4 is 23.5 Å². The second-order valence-electron chi connectivity index (χ2n) is 8.85. The molecule has 2 aromatic rings. The van der Waals surface area contributed by atoms with Crippen LogP contribution in [-0.4, -0.2) is 53.6 Å². The highest BCUT2D eigenvalue weighted by atomic mass is 35.5. The third-order valence-corrected chi connectivity index (χ3v) is 7.22. The van der Waals surface area contributed by atoms with E-state index in [0.717, 1.165) is 48.2 Å². The maximum atomic E-state index is 13.0. The maximum absolute atomic E-state index is 13.0. The van der Waals surface area contributed by atoms with Gasteiger partial charge in [0.15, 0.2) is 0 Å². The first-order chi connectivity index (χ1) is 15.9. The van der Waals surface area contributed by atoms with Crippen molar-refractivity contribution in [2.75, 3.05) is 26.9 Å². The molecule has 33 heavy (non-hydrogen) atoms. The number of aromatic carboxylic acids is 1. The Morgan fingerprint density at radius 1 is 1.36 bits per heavy atom. The first-order valence-electron chi connectivity index (χ1n) is 11.4. The van der Waals surface area contributed by atoms with E-state index in [1.54, 1.807) is 6.07 Å². The SMILES string of the molecule is CCc1nn(CCCc2ccc(C(=O)O)c(Cl)c2OC)c2c1C(=O)NCC1(CCOCC1)C2. The van der Waals surface area contributed by atoms with Gasteiger partial charge in [0, 0.05) is 26.3 Å². The van der Waals surface area contributed by atoms with E-state index < -0.39 is 5.97 Å². The molecule has 0 atom stereocenters. The number of aromatic nitrogens is 2. The zero-order chi connectivity index (χ0) is 23.6. The Morgan fingerprint density at radius 3 is 2.79 bits per heavy atom. The minimum absolute atomic E-state index is 0.00532. The molecule has 1 spiro atoms. The minimum atomic E-state index is -1.09. The summed E-state index contributed by atoms with van der Waals surface area (Å²) in [7, 11) is 1.49. The molecule has 3 heterocycles. The Balaban J connectivity index is 1.57. The normalized spacial score (nSPS) is 17.4. The molecule has 178 valence electrons. The van der Waals surface area contributed by atoms with Crippen molar-refractivity contribution in [3.63, 3.8) is 0 Å². The van der Waals surface area contributed by atoms with Crippen LogP contribution in [0.3, 0.4) is 0 Å². The lowest BCUT2D eigenvalue weighted by molar-refractivity contribution is 0.0152. The zero-order valence-electron chi connectivity index (χ0n) is 19.1. The van der Waals surface area contributed by atoms with Crippen LogP contribution in [0.15, 0.2) is 12.1 Å². The Hall–Kier alpha value is -2.58. The van der Waals surface area contributed by atoms with Crippen LogP contribution in [-0.2, 0) is 30.5 Å². The Morgan fingerprint density at radius 2 is 2.12 bits per heavy atom. The summed E-state index contributed by atoms with van der Waals surface area (Å²) in [4.78, 5) is 24.3. The fourth-order valence-corrected chi connectivity index (χ4v) is 5.30. The molecule has 2 N–H and O–H groups in total. The molecule has 1 saturated heterocycles. The van der Waals surface area contributed by atoms with Gasteiger partial charge >= 0.3 is 5.97 Å². The second-order valence-corrected chi connectivity index (χ2v) is 9.22. The third kappa shape index (κ3) is 4.59. The quantitative estimate of drug-likeness (QED) is 0.635. The Kier molecular flexibility index (Phi) is 6.95. The van der Waals surface area contributed by atoms with Gasteiger partial charge in [-0.1, -0.05) is 24.6 Å². The van der Waals surface area contributed by atoms with E-state index in [1.165, 1.54) is 13.2 Å². The van der Waals surface area contributed by atoms with Crippen LogP contribution in [0.5, 0.6) is 5.75 Å². The van der Waals surface area contributed by atoms with E-state index in [4.69, 9.17) is 26.2 Å². The summed E-state index contributed by atoms with van der Waals surface area (Å²) in [5.41, 5.74) is 3.45. The summed E-state index contributed by atoms with van der Waals surface area (Å²) in [5.74, 6) is -0.726. The lowest BCUT2D eigenvalue weighted by Crippen LogP contribution is -2.40. The number of hydrogen-bond acceptors (Lipinski definition) is 5. The summed E-state index contributed by atoms with van der Waals surface area (Å²) in [6.45, 7) is 4.76. The molecule has 2 aliphatic rings. The van der Waals surface area contributed by atoms with E-state index in [9.17, 15) is 14.7 Å². The number of carbonyl (C=O) groups excluding carboxylic acids is 1. The van der Waals surface area contributed by atoms with Crippen molar-refractivity contribution in [1.82, 2.24) is 15.1 Å². The van der Waals surface area contributed by atoms with E-state index >= 15 is 0 Å². The van der Waals surface area contributed by atoms with Crippen LogP contribution in [0.25, 0.3) is 0 Å². The Labute approximate surface area is 198 Å². The van der Waals surface area contributed by atoms with Crippen LogP contribution in [0.4, 0.5) is 0 Å². The predicted octanol–water partition coefficient (Wildman–Crippen LogP) is 3.52. The number of rotatable bonds is 7. The van der Waals surface area contributed by atoms with E-state index in [-0.39, 0.29) is 21.9 Å². The summed E-state index contributed by atoms with van der Waals surface area (Å²) in [6.07, 6.45) is 4.73. The highest BCUT2D eigenvalue weighted by molar-refractivity contribution is 6.35. The number of nitrogens with one attached hydrogen (secondary N) is 1. The molecule has 1 aromatic heterocycles. The fraction of sp³-hybridized carbons (Fsp3) is 0.542. The minimum Gasteiger partial charge on any atom is -0.495 e. The van der Waals surface area contributed by atoms with Gasteiger partial charge in [-0.05, 0) is 55.6 Å². The summed E-state index contributed by atoms with van der Waals surface area (Å²) in [6, 6.07) is 3.26. The van der Waals surface area contributed by atoms with Gasteiger partial charge in [0.2, 0.25) is 0 Å². The molecular formula is C24H30ClN3O5. The number of hydrogen-bond donors (Lipinski definition) is 2. The molecule has 4 rings (SSSR count).